The zero-order valence-corrected chi connectivity index (χ0v) is 10.9. The molecule has 1 aliphatic heterocycles. The van der Waals surface area contributed by atoms with Crippen molar-refractivity contribution in [1.29, 1.82) is 5.26 Å². The molecule has 0 radical (unpaired) electrons. The standard InChI is InChI=1S/C14H16N2O3/c1-10-7-12-13(19-9-18-12)8-11(10)4-6-16-14(17)3-2-5-15/h7-8H,2-4,6,9H2,1H3,(H,16,17). The van der Waals surface area contributed by atoms with Crippen molar-refractivity contribution in [2.75, 3.05) is 13.3 Å². The highest BCUT2D eigenvalue weighted by Gasteiger charge is 2.15. The van der Waals surface area contributed by atoms with Crippen LogP contribution in [0.2, 0.25) is 0 Å². The first kappa shape index (κ1) is 13.2. The summed E-state index contributed by atoms with van der Waals surface area (Å²) in [5, 5.41) is 11.2. The normalized spacial score (nSPS) is 12.0. The van der Waals surface area contributed by atoms with Gasteiger partial charge in [0.1, 0.15) is 0 Å². The maximum Gasteiger partial charge on any atom is 0.231 e. The van der Waals surface area contributed by atoms with Crippen LogP contribution in [0.1, 0.15) is 24.0 Å². The Morgan fingerprint density at radius 2 is 2.16 bits per heavy atom. The maximum absolute atomic E-state index is 11.4. The van der Waals surface area contributed by atoms with Crippen molar-refractivity contribution in [3.63, 3.8) is 0 Å². The minimum absolute atomic E-state index is 0.0834. The van der Waals surface area contributed by atoms with Gasteiger partial charge >= 0.3 is 0 Å². The van der Waals surface area contributed by atoms with Crippen LogP contribution in [-0.4, -0.2) is 19.2 Å². The van der Waals surface area contributed by atoms with E-state index >= 15 is 0 Å². The number of aryl methyl sites for hydroxylation is 1. The van der Waals surface area contributed by atoms with E-state index in [2.05, 4.69) is 5.32 Å². The number of hydrogen-bond acceptors (Lipinski definition) is 4. The summed E-state index contributed by atoms with van der Waals surface area (Å²) in [6.07, 6.45) is 1.26. The van der Waals surface area contributed by atoms with Crippen LogP contribution in [0.3, 0.4) is 0 Å². The van der Waals surface area contributed by atoms with Crippen molar-refractivity contribution in [2.24, 2.45) is 0 Å². The Morgan fingerprint density at radius 3 is 2.89 bits per heavy atom. The number of benzene rings is 1. The van der Waals surface area contributed by atoms with Crippen LogP contribution >= 0.6 is 0 Å². The molecule has 0 aromatic heterocycles. The Hall–Kier alpha value is -2.22. The molecular formula is C14H16N2O3. The molecule has 5 heteroatoms. The second-order valence-electron chi connectivity index (χ2n) is 4.39. The van der Waals surface area contributed by atoms with Crippen molar-refractivity contribution < 1.29 is 14.3 Å². The lowest BCUT2D eigenvalue weighted by molar-refractivity contribution is -0.120. The Kier molecular flexibility index (Phi) is 4.24. The van der Waals surface area contributed by atoms with E-state index in [0.29, 0.717) is 6.54 Å². The number of rotatable bonds is 5. The van der Waals surface area contributed by atoms with E-state index in [4.69, 9.17) is 14.7 Å². The van der Waals surface area contributed by atoms with Gasteiger partial charge in [0.25, 0.3) is 0 Å². The largest absolute Gasteiger partial charge is 0.454 e. The molecule has 1 aliphatic rings. The van der Waals surface area contributed by atoms with Gasteiger partial charge in [0.15, 0.2) is 11.5 Å². The van der Waals surface area contributed by atoms with Gasteiger partial charge in [-0.15, -0.1) is 0 Å². The fourth-order valence-corrected chi connectivity index (χ4v) is 1.95. The van der Waals surface area contributed by atoms with Gasteiger partial charge in [0.05, 0.1) is 6.07 Å². The van der Waals surface area contributed by atoms with Crippen LogP contribution in [-0.2, 0) is 11.2 Å². The van der Waals surface area contributed by atoms with Crippen LogP contribution in [0.4, 0.5) is 0 Å². The van der Waals surface area contributed by atoms with Crippen LogP contribution in [0.15, 0.2) is 12.1 Å². The van der Waals surface area contributed by atoms with Gasteiger partial charge in [0, 0.05) is 19.4 Å². The zero-order valence-electron chi connectivity index (χ0n) is 10.9. The Balaban J connectivity index is 1.87. The summed E-state index contributed by atoms with van der Waals surface area (Å²) in [6, 6.07) is 5.86. The van der Waals surface area contributed by atoms with E-state index in [-0.39, 0.29) is 25.5 Å². The summed E-state index contributed by atoms with van der Waals surface area (Å²) in [6.45, 7) is 2.84. The third-order valence-corrected chi connectivity index (χ3v) is 3.01. The van der Waals surface area contributed by atoms with Crippen molar-refractivity contribution in [2.45, 2.75) is 26.2 Å². The lowest BCUT2D eigenvalue weighted by atomic mass is 10.0. The number of nitrogens with zero attached hydrogens (tertiary/aromatic N) is 1. The topological polar surface area (TPSA) is 71.4 Å². The molecule has 19 heavy (non-hydrogen) atoms. The second-order valence-corrected chi connectivity index (χ2v) is 4.39. The average molecular weight is 260 g/mol. The zero-order chi connectivity index (χ0) is 13.7. The summed E-state index contributed by atoms with van der Waals surface area (Å²) in [7, 11) is 0. The number of hydrogen-bond donors (Lipinski definition) is 1. The van der Waals surface area contributed by atoms with Crippen molar-refractivity contribution in [3.05, 3.63) is 23.3 Å². The molecule has 0 saturated heterocycles. The Morgan fingerprint density at radius 1 is 1.42 bits per heavy atom. The highest BCUT2D eigenvalue weighted by atomic mass is 16.7. The molecular weight excluding hydrogens is 244 g/mol. The first-order valence-corrected chi connectivity index (χ1v) is 6.23. The fourth-order valence-electron chi connectivity index (χ4n) is 1.95. The number of carbonyl (C=O) groups excluding carboxylic acids is 1. The molecule has 0 aliphatic carbocycles. The van der Waals surface area contributed by atoms with E-state index in [1.807, 2.05) is 25.1 Å². The highest BCUT2D eigenvalue weighted by molar-refractivity contribution is 5.76. The van der Waals surface area contributed by atoms with E-state index in [1.54, 1.807) is 0 Å². The third kappa shape index (κ3) is 3.38. The molecule has 0 saturated carbocycles. The molecule has 1 amide bonds. The van der Waals surface area contributed by atoms with Gasteiger partial charge in [0.2, 0.25) is 12.7 Å². The second kappa shape index (κ2) is 6.10. The average Bonchev–Trinajstić information content (AvgIpc) is 2.83. The molecule has 2 rings (SSSR count). The van der Waals surface area contributed by atoms with Gasteiger partial charge in [-0.2, -0.15) is 5.26 Å². The molecule has 0 fully saturated rings. The lowest BCUT2D eigenvalue weighted by Gasteiger charge is -2.08. The quantitative estimate of drug-likeness (QED) is 0.874. The summed E-state index contributed by atoms with van der Waals surface area (Å²) < 4.78 is 10.6. The molecule has 1 heterocycles. The number of fused-ring (bicyclic) bond motifs is 1. The molecule has 0 atom stereocenters. The van der Waals surface area contributed by atoms with Crippen molar-refractivity contribution in [1.82, 2.24) is 5.32 Å². The van der Waals surface area contributed by atoms with E-state index < -0.39 is 0 Å². The number of amides is 1. The van der Waals surface area contributed by atoms with Crippen LogP contribution < -0.4 is 14.8 Å². The summed E-state index contributed by atoms with van der Waals surface area (Å²) in [5.41, 5.74) is 2.25. The SMILES string of the molecule is Cc1cc2c(cc1CCNC(=O)CCC#N)OCO2. The molecule has 0 spiro atoms. The van der Waals surface area contributed by atoms with Gasteiger partial charge in [-0.1, -0.05) is 0 Å². The summed E-state index contributed by atoms with van der Waals surface area (Å²) >= 11 is 0. The van der Waals surface area contributed by atoms with Crippen molar-refractivity contribution >= 4 is 5.91 Å². The lowest BCUT2D eigenvalue weighted by Crippen LogP contribution is -2.25. The number of nitrogens with one attached hydrogen (secondary N) is 1. The molecule has 0 bridgehead atoms. The maximum atomic E-state index is 11.4. The molecule has 1 N–H and O–H groups in total. The third-order valence-electron chi connectivity index (χ3n) is 3.01. The van der Waals surface area contributed by atoms with Gasteiger partial charge < -0.3 is 14.8 Å². The Bertz CT molecular complexity index is 520. The van der Waals surface area contributed by atoms with Gasteiger partial charge in [-0.3, -0.25) is 4.79 Å². The van der Waals surface area contributed by atoms with E-state index in [9.17, 15) is 4.79 Å². The predicted octanol–water partition coefficient (Wildman–Crippen LogP) is 1.69. The summed E-state index contributed by atoms with van der Waals surface area (Å²) in [4.78, 5) is 11.4. The fraction of sp³-hybridized carbons (Fsp3) is 0.429. The smallest absolute Gasteiger partial charge is 0.231 e. The first-order valence-electron chi connectivity index (χ1n) is 6.23. The summed E-state index contributed by atoms with van der Waals surface area (Å²) in [5.74, 6) is 1.45. The van der Waals surface area contributed by atoms with Crippen molar-refractivity contribution in [3.8, 4) is 17.6 Å². The highest BCUT2D eigenvalue weighted by Crippen LogP contribution is 2.34. The first-order chi connectivity index (χ1) is 9.20. The minimum Gasteiger partial charge on any atom is -0.454 e. The van der Waals surface area contributed by atoms with Gasteiger partial charge in [-0.25, -0.2) is 0 Å². The van der Waals surface area contributed by atoms with Crippen LogP contribution in [0, 0.1) is 18.3 Å². The molecule has 100 valence electrons. The molecule has 1 aromatic carbocycles. The van der Waals surface area contributed by atoms with Crippen LogP contribution in [0.5, 0.6) is 11.5 Å². The minimum atomic E-state index is -0.0834. The van der Waals surface area contributed by atoms with Crippen LogP contribution in [0.25, 0.3) is 0 Å². The number of nitriles is 1. The molecule has 1 aromatic rings. The molecule has 0 unspecified atom stereocenters. The Labute approximate surface area is 112 Å². The number of carbonyl (C=O) groups is 1. The molecule has 5 nitrogen and oxygen atoms in total. The van der Waals surface area contributed by atoms with E-state index in [1.165, 1.54) is 0 Å². The van der Waals surface area contributed by atoms with Gasteiger partial charge in [-0.05, 0) is 36.6 Å². The van der Waals surface area contributed by atoms with E-state index in [0.717, 1.165) is 29.0 Å². The number of ether oxygens (including phenoxy) is 2. The monoisotopic (exact) mass is 260 g/mol. The predicted molar refractivity (Wildman–Crippen MR) is 68.9 cm³/mol.